The molecule has 0 spiro atoms. The maximum atomic E-state index is 13.2. The molecule has 3 rings (SSSR count). The third-order valence-corrected chi connectivity index (χ3v) is 6.26. The highest BCUT2D eigenvalue weighted by Gasteiger charge is 2.37. The third-order valence-electron chi connectivity index (χ3n) is 6.26. The van der Waals surface area contributed by atoms with Crippen LogP contribution in [0.5, 0.6) is 5.75 Å². The molecule has 1 aromatic rings. The van der Waals surface area contributed by atoms with Crippen LogP contribution in [0.1, 0.15) is 50.4 Å². The van der Waals surface area contributed by atoms with E-state index >= 15 is 0 Å². The van der Waals surface area contributed by atoms with Crippen molar-refractivity contribution in [3.05, 3.63) is 23.8 Å². The van der Waals surface area contributed by atoms with Crippen molar-refractivity contribution in [1.29, 1.82) is 0 Å². The van der Waals surface area contributed by atoms with Gasteiger partial charge in [-0.15, -0.1) is 0 Å². The zero-order chi connectivity index (χ0) is 23.4. The fourth-order valence-electron chi connectivity index (χ4n) is 3.97. The van der Waals surface area contributed by atoms with Crippen molar-refractivity contribution in [3.8, 4) is 5.75 Å². The summed E-state index contributed by atoms with van der Waals surface area (Å²) in [5.41, 5.74) is 0.984. The van der Waals surface area contributed by atoms with Crippen LogP contribution in [0.15, 0.2) is 18.2 Å². The number of carbonyl (C=O) groups excluding carboxylic acids is 3. The summed E-state index contributed by atoms with van der Waals surface area (Å²) in [5.74, 6) is 0.407. The maximum Gasteiger partial charge on any atom is 0.257 e. The van der Waals surface area contributed by atoms with Crippen molar-refractivity contribution < 1.29 is 23.9 Å². The van der Waals surface area contributed by atoms with E-state index in [1.165, 1.54) is 0 Å². The zero-order valence-electron chi connectivity index (χ0n) is 19.7. The van der Waals surface area contributed by atoms with E-state index in [-0.39, 0.29) is 48.3 Å². The van der Waals surface area contributed by atoms with E-state index in [0.717, 1.165) is 12.8 Å². The third kappa shape index (κ3) is 5.59. The molecular weight excluding hydrogens is 410 g/mol. The molecule has 8 heteroatoms. The number of nitrogens with zero attached hydrogens (tertiary/aromatic N) is 2. The number of fused-ring (bicyclic) bond motifs is 1. The number of amides is 3. The number of benzene rings is 1. The summed E-state index contributed by atoms with van der Waals surface area (Å²) < 4.78 is 11.8. The topological polar surface area (TPSA) is 88.2 Å². The Bertz CT molecular complexity index is 854. The lowest BCUT2D eigenvalue weighted by atomic mass is 10.0. The molecule has 3 amide bonds. The standard InChI is InChI=1S/C24H35N3O5/c1-6-22(28)25-18-9-10-19-20(11-18)32-14-16(3)27(23(29)17-7-8-17)12-15(2)21(31-5)13-26(4)24(19)30/h9-11,15-17,21H,6-8,12-14H2,1-5H3,(H,25,28)/t15-,16+,21-/m1/s1. The van der Waals surface area contributed by atoms with Gasteiger partial charge in [-0.25, -0.2) is 0 Å². The molecule has 0 aromatic heterocycles. The fraction of sp³-hybridized carbons (Fsp3) is 0.625. The fourth-order valence-corrected chi connectivity index (χ4v) is 3.97. The van der Waals surface area contributed by atoms with Gasteiger partial charge in [0.1, 0.15) is 12.4 Å². The predicted molar refractivity (Wildman–Crippen MR) is 122 cm³/mol. The molecule has 1 N–H and O–H groups in total. The molecule has 0 bridgehead atoms. The quantitative estimate of drug-likeness (QED) is 0.770. The molecule has 3 atom stereocenters. The average Bonchev–Trinajstić information content (AvgIpc) is 3.63. The van der Waals surface area contributed by atoms with Crippen molar-refractivity contribution in [1.82, 2.24) is 9.80 Å². The highest BCUT2D eigenvalue weighted by molar-refractivity contribution is 5.98. The highest BCUT2D eigenvalue weighted by atomic mass is 16.5. The van der Waals surface area contributed by atoms with Crippen LogP contribution in [0.2, 0.25) is 0 Å². The van der Waals surface area contributed by atoms with Crippen LogP contribution in [0, 0.1) is 11.8 Å². The first-order chi connectivity index (χ1) is 15.2. The molecule has 176 valence electrons. The van der Waals surface area contributed by atoms with Gasteiger partial charge in [0.2, 0.25) is 11.8 Å². The van der Waals surface area contributed by atoms with Crippen LogP contribution in [0.4, 0.5) is 5.69 Å². The van der Waals surface area contributed by atoms with Gasteiger partial charge in [0.05, 0.1) is 17.7 Å². The second kappa shape index (κ2) is 10.3. The maximum absolute atomic E-state index is 13.2. The Kier molecular flexibility index (Phi) is 7.77. The Morgan fingerprint density at radius 3 is 2.56 bits per heavy atom. The summed E-state index contributed by atoms with van der Waals surface area (Å²) in [6, 6.07) is 4.89. The highest BCUT2D eigenvalue weighted by Crippen LogP contribution is 2.33. The predicted octanol–water partition coefficient (Wildman–Crippen LogP) is 2.78. The molecule has 32 heavy (non-hydrogen) atoms. The Morgan fingerprint density at radius 1 is 1.22 bits per heavy atom. The molecule has 0 radical (unpaired) electrons. The summed E-state index contributed by atoms with van der Waals surface area (Å²) >= 11 is 0. The van der Waals surface area contributed by atoms with E-state index in [1.54, 1.807) is 44.2 Å². The van der Waals surface area contributed by atoms with Crippen molar-refractivity contribution >= 4 is 23.4 Å². The van der Waals surface area contributed by atoms with Gasteiger partial charge < -0.3 is 24.6 Å². The zero-order valence-corrected chi connectivity index (χ0v) is 19.7. The summed E-state index contributed by atoms with van der Waals surface area (Å²) in [6.45, 7) is 6.98. The molecule has 1 aliphatic heterocycles. The molecule has 8 nitrogen and oxygen atoms in total. The number of ether oxygens (including phenoxy) is 2. The van der Waals surface area contributed by atoms with E-state index in [9.17, 15) is 14.4 Å². The van der Waals surface area contributed by atoms with Crippen LogP contribution in [-0.2, 0) is 14.3 Å². The molecule has 1 saturated carbocycles. The summed E-state index contributed by atoms with van der Waals surface area (Å²) in [5, 5.41) is 2.81. The molecule has 0 saturated heterocycles. The molecule has 1 aliphatic carbocycles. The number of anilines is 1. The van der Waals surface area contributed by atoms with Crippen molar-refractivity contribution in [2.45, 2.75) is 52.2 Å². The summed E-state index contributed by atoms with van der Waals surface area (Å²) in [4.78, 5) is 41.6. The van der Waals surface area contributed by atoms with Gasteiger partial charge in [0.25, 0.3) is 5.91 Å². The normalized spacial score (nSPS) is 24.7. The Labute approximate surface area is 190 Å². The van der Waals surface area contributed by atoms with Crippen LogP contribution < -0.4 is 10.1 Å². The van der Waals surface area contributed by atoms with E-state index < -0.39 is 0 Å². The Balaban J connectivity index is 1.94. The SMILES string of the molecule is CCC(=O)Nc1ccc2c(c1)OC[C@H](C)N(C(=O)C1CC1)C[C@@H](C)[C@H](OC)CN(C)C2=O. The van der Waals surface area contributed by atoms with Gasteiger partial charge in [0, 0.05) is 57.3 Å². The van der Waals surface area contributed by atoms with Gasteiger partial charge in [-0.3, -0.25) is 14.4 Å². The molecule has 1 aromatic carbocycles. The first-order valence-electron chi connectivity index (χ1n) is 11.4. The molecular formula is C24H35N3O5. The van der Waals surface area contributed by atoms with Gasteiger partial charge in [-0.2, -0.15) is 0 Å². The molecule has 1 heterocycles. The van der Waals surface area contributed by atoms with Crippen LogP contribution in [0.25, 0.3) is 0 Å². The van der Waals surface area contributed by atoms with Crippen LogP contribution in [-0.4, -0.2) is 73.5 Å². The van der Waals surface area contributed by atoms with Crippen LogP contribution >= 0.6 is 0 Å². The Hall–Kier alpha value is -2.61. The van der Waals surface area contributed by atoms with Gasteiger partial charge in [0.15, 0.2) is 0 Å². The minimum atomic E-state index is -0.211. The lowest BCUT2D eigenvalue weighted by molar-refractivity contribution is -0.136. The average molecular weight is 446 g/mol. The molecule has 1 fully saturated rings. The van der Waals surface area contributed by atoms with E-state index in [1.807, 2.05) is 11.8 Å². The van der Waals surface area contributed by atoms with Gasteiger partial charge >= 0.3 is 0 Å². The van der Waals surface area contributed by atoms with E-state index in [2.05, 4.69) is 12.2 Å². The van der Waals surface area contributed by atoms with Crippen molar-refractivity contribution in [2.24, 2.45) is 11.8 Å². The number of likely N-dealkylation sites (N-methyl/N-ethyl adjacent to an activating group) is 1. The summed E-state index contributed by atoms with van der Waals surface area (Å²) in [7, 11) is 3.38. The lowest BCUT2D eigenvalue weighted by Crippen LogP contribution is -2.49. The molecule has 0 unspecified atom stereocenters. The van der Waals surface area contributed by atoms with E-state index in [0.29, 0.717) is 36.5 Å². The minimum absolute atomic E-state index is 0.0472. The lowest BCUT2D eigenvalue weighted by Gasteiger charge is -2.36. The second-order valence-corrected chi connectivity index (χ2v) is 8.97. The number of nitrogens with one attached hydrogen (secondary N) is 1. The number of methoxy groups -OCH3 is 1. The van der Waals surface area contributed by atoms with Gasteiger partial charge in [-0.1, -0.05) is 13.8 Å². The van der Waals surface area contributed by atoms with Crippen molar-refractivity contribution in [3.63, 3.8) is 0 Å². The first kappa shape index (κ1) is 24.0. The number of hydrogen-bond acceptors (Lipinski definition) is 5. The number of rotatable bonds is 4. The van der Waals surface area contributed by atoms with Crippen LogP contribution in [0.3, 0.4) is 0 Å². The monoisotopic (exact) mass is 445 g/mol. The second-order valence-electron chi connectivity index (χ2n) is 8.97. The molecule has 2 aliphatic rings. The smallest absolute Gasteiger partial charge is 0.257 e. The van der Waals surface area contributed by atoms with E-state index in [4.69, 9.17) is 9.47 Å². The number of carbonyl (C=O) groups is 3. The van der Waals surface area contributed by atoms with Gasteiger partial charge in [-0.05, 0) is 31.9 Å². The van der Waals surface area contributed by atoms with Crippen molar-refractivity contribution in [2.75, 3.05) is 39.2 Å². The Morgan fingerprint density at radius 2 is 1.94 bits per heavy atom. The summed E-state index contributed by atoms with van der Waals surface area (Å²) in [6.07, 6.45) is 2.01. The largest absolute Gasteiger partial charge is 0.491 e. The minimum Gasteiger partial charge on any atom is -0.491 e. The first-order valence-corrected chi connectivity index (χ1v) is 11.4. The number of hydrogen-bond donors (Lipinski definition) is 1.